The normalized spacial score (nSPS) is 14.6. The maximum atomic E-state index is 13.4. The number of carbonyl (C=O) groups is 2. The standard InChI is InChI=1S/C24H27N3O4S2/c1-15-16(2)33-21-20(15)22(29)27(13-17-7-5-4-6-8-17)24(25-21)32-14-19(28)26-11-9-18(10-12-26)23(30)31-3/h4-8,18H,9-14H2,1-3H3. The largest absolute Gasteiger partial charge is 0.469 e. The summed E-state index contributed by atoms with van der Waals surface area (Å²) in [4.78, 5) is 46.4. The first kappa shape index (κ1) is 23.5. The van der Waals surface area contributed by atoms with Crippen LogP contribution in [0.15, 0.2) is 40.3 Å². The third-order valence-corrected chi connectivity index (χ3v) is 8.21. The number of hydrogen-bond donors (Lipinski definition) is 0. The molecule has 9 heteroatoms. The lowest BCUT2D eigenvalue weighted by Crippen LogP contribution is -2.41. The molecule has 0 N–H and O–H groups in total. The number of piperidine rings is 1. The number of fused-ring (bicyclic) bond motifs is 1. The van der Waals surface area contributed by atoms with Gasteiger partial charge in [-0.1, -0.05) is 42.1 Å². The van der Waals surface area contributed by atoms with E-state index in [1.807, 2.05) is 44.2 Å². The van der Waals surface area contributed by atoms with Gasteiger partial charge in [0.15, 0.2) is 5.16 Å². The van der Waals surface area contributed by atoms with Crippen molar-refractivity contribution in [1.82, 2.24) is 14.5 Å². The summed E-state index contributed by atoms with van der Waals surface area (Å²) in [7, 11) is 1.39. The molecule has 0 unspecified atom stereocenters. The Labute approximate surface area is 200 Å². The minimum Gasteiger partial charge on any atom is -0.469 e. The van der Waals surface area contributed by atoms with Crippen LogP contribution in [0.4, 0.5) is 0 Å². The highest BCUT2D eigenvalue weighted by molar-refractivity contribution is 7.99. The number of thiophene rings is 1. The lowest BCUT2D eigenvalue weighted by molar-refractivity contribution is -0.148. The van der Waals surface area contributed by atoms with Crippen molar-refractivity contribution in [2.24, 2.45) is 5.92 Å². The van der Waals surface area contributed by atoms with E-state index in [0.717, 1.165) is 16.0 Å². The molecule has 0 saturated carbocycles. The summed E-state index contributed by atoms with van der Waals surface area (Å²) in [5.74, 6) is -0.168. The maximum Gasteiger partial charge on any atom is 0.308 e. The Morgan fingerprint density at radius 1 is 1.18 bits per heavy atom. The summed E-state index contributed by atoms with van der Waals surface area (Å²) in [5, 5.41) is 1.21. The van der Waals surface area contributed by atoms with E-state index < -0.39 is 0 Å². The molecule has 1 aliphatic heterocycles. The van der Waals surface area contributed by atoms with Crippen LogP contribution >= 0.6 is 23.1 Å². The number of ether oxygens (including phenoxy) is 1. The van der Waals surface area contributed by atoms with Crippen LogP contribution < -0.4 is 5.56 Å². The number of likely N-dealkylation sites (tertiary alicyclic amines) is 1. The SMILES string of the molecule is COC(=O)C1CCN(C(=O)CSc2nc3sc(C)c(C)c3c(=O)n2Cc2ccccc2)CC1. The Hall–Kier alpha value is -2.65. The van der Waals surface area contributed by atoms with E-state index in [2.05, 4.69) is 0 Å². The zero-order chi connectivity index (χ0) is 23.5. The van der Waals surface area contributed by atoms with Crippen LogP contribution in [0.1, 0.15) is 28.8 Å². The van der Waals surface area contributed by atoms with E-state index in [4.69, 9.17) is 9.72 Å². The molecule has 1 amide bonds. The number of thioether (sulfide) groups is 1. The molecular weight excluding hydrogens is 458 g/mol. The molecule has 7 nitrogen and oxygen atoms in total. The molecule has 0 bridgehead atoms. The number of esters is 1. The molecule has 0 aliphatic carbocycles. The molecule has 1 aliphatic rings. The monoisotopic (exact) mass is 485 g/mol. The average molecular weight is 486 g/mol. The summed E-state index contributed by atoms with van der Waals surface area (Å²) in [6.07, 6.45) is 1.22. The van der Waals surface area contributed by atoms with Gasteiger partial charge in [-0.05, 0) is 37.8 Å². The lowest BCUT2D eigenvalue weighted by atomic mass is 9.97. The number of nitrogens with zero attached hydrogens (tertiary/aromatic N) is 3. The Kier molecular flexibility index (Phi) is 7.19. The zero-order valence-electron chi connectivity index (χ0n) is 19.0. The molecule has 0 atom stereocenters. The van der Waals surface area contributed by atoms with Crippen LogP contribution in [0.2, 0.25) is 0 Å². The number of methoxy groups -OCH3 is 1. The second kappa shape index (κ2) is 10.1. The van der Waals surface area contributed by atoms with E-state index in [9.17, 15) is 14.4 Å². The van der Waals surface area contributed by atoms with Gasteiger partial charge in [-0.3, -0.25) is 19.0 Å². The predicted octanol–water partition coefficient (Wildman–Crippen LogP) is 3.63. The molecule has 1 fully saturated rings. The van der Waals surface area contributed by atoms with Crippen molar-refractivity contribution >= 4 is 45.2 Å². The van der Waals surface area contributed by atoms with E-state index in [-0.39, 0.29) is 29.1 Å². The molecule has 174 valence electrons. The lowest BCUT2D eigenvalue weighted by Gasteiger charge is -2.30. The van der Waals surface area contributed by atoms with Gasteiger partial charge in [0.2, 0.25) is 5.91 Å². The molecule has 4 rings (SSSR count). The summed E-state index contributed by atoms with van der Waals surface area (Å²) in [6.45, 7) is 5.42. The fraction of sp³-hybridized carbons (Fsp3) is 0.417. The second-order valence-electron chi connectivity index (χ2n) is 8.20. The molecule has 2 aromatic heterocycles. The minimum atomic E-state index is -0.208. The number of aromatic nitrogens is 2. The fourth-order valence-electron chi connectivity index (χ4n) is 4.07. The summed E-state index contributed by atoms with van der Waals surface area (Å²) < 4.78 is 6.50. The molecular formula is C24H27N3O4S2. The first-order chi connectivity index (χ1) is 15.9. The van der Waals surface area contributed by atoms with E-state index in [1.54, 1.807) is 9.47 Å². The third-order valence-electron chi connectivity index (χ3n) is 6.14. The highest BCUT2D eigenvalue weighted by Gasteiger charge is 2.28. The highest BCUT2D eigenvalue weighted by Crippen LogP contribution is 2.29. The van der Waals surface area contributed by atoms with Gasteiger partial charge in [-0.2, -0.15) is 0 Å². The minimum absolute atomic E-state index is 0.0116. The quantitative estimate of drug-likeness (QED) is 0.301. The Balaban J connectivity index is 1.55. The highest BCUT2D eigenvalue weighted by atomic mass is 32.2. The number of hydrogen-bond acceptors (Lipinski definition) is 7. The molecule has 1 saturated heterocycles. The third kappa shape index (κ3) is 4.99. The Morgan fingerprint density at radius 3 is 2.55 bits per heavy atom. The number of carbonyl (C=O) groups excluding carboxylic acids is 2. The number of amides is 1. The van der Waals surface area contributed by atoms with Crippen molar-refractivity contribution in [3.05, 3.63) is 56.7 Å². The van der Waals surface area contributed by atoms with Crippen LogP contribution in [-0.2, 0) is 20.9 Å². The smallest absolute Gasteiger partial charge is 0.308 e. The van der Waals surface area contributed by atoms with Gasteiger partial charge < -0.3 is 9.64 Å². The van der Waals surface area contributed by atoms with Crippen molar-refractivity contribution in [3.63, 3.8) is 0 Å². The average Bonchev–Trinajstić information content (AvgIpc) is 3.13. The zero-order valence-corrected chi connectivity index (χ0v) is 20.6. The van der Waals surface area contributed by atoms with Crippen molar-refractivity contribution in [1.29, 1.82) is 0 Å². The van der Waals surface area contributed by atoms with Gasteiger partial charge in [0, 0.05) is 18.0 Å². The number of aryl methyl sites for hydroxylation is 2. The molecule has 3 aromatic rings. The van der Waals surface area contributed by atoms with Crippen LogP contribution in [0.3, 0.4) is 0 Å². The molecule has 0 spiro atoms. The second-order valence-corrected chi connectivity index (χ2v) is 10.3. The first-order valence-corrected chi connectivity index (χ1v) is 12.7. The van der Waals surface area contributed by atoms with Crippen molar-refractivity contribution < 1.29 is 14.3 Å². The van der Waals surface area contributed by atoms with Crippen LogP contribution in [0.5, 0.6) is 0 Å². The van der Waals surface area contributed by atoms with Crippen molar-refractivity contribution in [2.45, 2.75) is 38.4 Å². The van der Waals surface area contributed by atoms with Gasteiger partial charge in [0.05, 0.1) is 30.7 Å². The van der Waals surface area contributed by atoms with Gasteiger partial charge in [-0.25, -0.2) is 4.98 Å². The Bertz CT molecular complexity index is 1230. The molecule has 0 radical (unpaired) electrons. The maximum absolute atomic E-state index is 13.4. The predicted molar refractivity (Wildman–Crippen MR) is 131 cm³/mol. The van der Waals surface area contributed by atoms with Gasteiger partial charge in [0.25, 0.3) is 5.56 Å². The summed E-state index contributed by atoms with van der Waals surface area (Å²) in [6, 6.07) is 9.79. The van der Waals surface area contributed by atoms with Gasteiger partial charge in [-0.15, -0.1) is 11.3 Å². The van der Waals surface area contributed by atoms with Crippen LogP contribution in [0, 0.1) is 19.8 Å². The fourth-order valence-corrected chi connectivity index (χ4v) is 6.04. The Morgan fingerprint density at radius 2 is 1.88 bits per heavy atom. The summed E-state index contributed by atoms with van der Waals surface area (Å²) in [5.41, 5.74) is 1.90. The van der Waals surface area contributed by atoms with Crippen LogP contribution in [0.25, 0.3) is 10.2 Å². The number of rotatable bonds is 6. The van der Waals surface area contributed by atoms with Crippen molar-refractivity contribution in [2.75, 3.05) is 26.0 Å². The number of benzene rings is 1. The van der Waals surface area contributed by atoms with E-state index in [1.165, 1.54) is 30.2 Å². The molecule has 1 aromatic carbocycles. The van der Waals surface area contributed by atoms with E-state index >= 15 is 0 Å². The topological polar surface area (TPSA) is 81.5 Å². The van der Waals surface area contributed by atoms with E-state index in [0.29, 0.717) is 47.8 Å². The van der Waals surface area contributed by atoms with Crippen LogP contribution in [-0.4, -0.2) is 52.3 Å². The van der Waals surface area contributed by atoms with Gasteiger partial charge >= 0.3 is 5.97 Å². The summed E-state index contributed by atoms with van der Waals surface area (Å²) >= 11 is 2.81. The van der Waals surface area contributed by atoms with Gasteiger partial charge in [0.1, 0.15) is 4.83 Å². The molecule has 3 heterocycles. The molecule has 33 heavy (non-hydrogen) atoms. The first-order valence-electron chi connectivity index (χ1n) is 10.9. The van der Waals surface area contributed by atoms with Crippen molar-refractivity contribution in [3.8, 4) is 0 Å².